The van der Waals surface area contributed by atoms with E-state index in [1.165, 1.54) is 6.42 Å². The first-order chi connectivity index (χ1) is 10.2. The number of phenolic OH excluding ortho intramolecular Hbond substituents is 1. The van der Waals surface area contributed by atoms with E-state index in [-0.39, 0.29) is 5.75 Å². The maximum Gasteiger partial charge on any atom is 0.172 e. The zero-order chi connectivity index (χ0) is 14.4. The van der Waals surface area contributed by atoms with Gasteiger partial charge in [-0.05, 0) is 30.5 Å². The molecular formula is C16H18N4O. The SMILES string of the molecule is CC1CC2CNc3nnc(-c4ccccc4O)cc3N2C1. The van der Waals surface area contributed by atoms with E-state index in [0.29, 0.717) is 17.7 Å². The third-order valence-corrected chi connectivity index (χ3v) is 4.39. The molecule has 2 unspecified atom stereocenters. The van der Waals surface area contributed by atoms with Crippen LogP contribution in [0.15, 0.2) is 30.3 Å². The number of fused-ring (bicyclic) bond motifs is 3. The number of hydrogen-bond acceptors (Lipinski definition) is 5. The summed E-state index contributed by atoms with van der Waals surface area (Å²) >= 11 is 0. The monoisotopic (exact) mass is 282 g/mol. The predicted molar refractivity (Wildman–Crippen MR) is 82.5 cm³/mol. The van der Waals surface area contributed by atoms with Crippen molar-refractivity contribution in [2.24, 2.45) is 5.92 Å². The van der Waals surface area contributed by atoms with Crippen molar-refractivity contribution in [3.8, 4) is 17.0 Å². The summed E-state index contributed by atoms with van der Waals surface area (Å²) in [5, 5.41) is 21.9. The minimum Gasteiger partial charge on any atom is -0.507 e. The fraction of sp³-hybridized carbons (Fsp3) is 0.375. The van der Waals surface area contributed by atoms with Crippen molar-refractivity contribution in [3.63, 3.8) is 0 Å². The van der Waals surface area contributed by atoms with Gasteiger partial charge >= 0.3 is 0 Å². The van der Waals surface area contributed by atoms with E-state index in [2.05, 4.69) is 27.3 Å². The summed E-state index contributed by atoms with van der Waals surface area (Å²) in [7, 11) is 0. The molecule has 4 rings (SSSR count). The fourth-order valence-electron chi connectivity index (χ4n) is 3.40. The number of para-hydroxylation sites is 1. The average molecular weight is 282 g/mol. The van der Waals surface area contributed by atoms with Crippen molar-refractivity contribution >= 4 is 11.5 Å². The Morgan fingerprint density at radius 3 is 3.00 bits per heavy atom. The molecule has 3 heterocycles. The number of hydrogen-bond donors (Lipinski definition) is 2. The van der Waals surface area contributed by atoms with Crippen LogP contribution < -0.4 is 10.2 Å². The van der Waals surface area contributed by atoms with Crippen LogP contribution >= 0.6 is 0 Å². The lowest BCUT2D eigenvalue weighted by atomic mass is 10.1. The van der Waals surface area contributed by atoms with Crippen LogP contribution in [0, 0.1) is 5.92 Å². The summed E-state index contributed by atoms with van der Waals surface area (Å²) in [6, 6.07) is 9.82. The topological polar surface area (TPSA) is 61.3 Å². The minimum absolute atomic E-state index is 0.238. The van der Waals surface area contributed by atoms with Crippen molar-refractivity contribution in [2.45, 2.75) is 19.4 Å². The quantitative estimate of drug-likeness (QED) is 0.841. The van der Waals surface area contributed by atoms with Crippen LogP contribution in [0.4, 0.5) is 11.5 Å². The smallest absolute Gasteiger partial charge is 0.172 e. The summed E-state index contributed by atoms with van der Waals surface area (Å²) < 4.78 is 0. The molecule has 0 radical (unpaired) electrons. The Bertz CT molecular complexity index is 688. The number of rotatable bonds is 1. The van der Waals surface area contributed by atoms with Crippen LogP contribution in [0.5, 0.6) is 5.75 Å². The van der Waals surface area contributed by atoms with Gasteiger partial charge < -0.3 is 15.3 Å². The molecule has 108 valence electrons. The van der Waals surface area contributed by atoms with Gasteiger partial charge in [0.1, 0.15) is 5.75 Å². The van der Waals surface area contributed by atoms with Crippen LogP contribution in [0.2, 0.25) is 0 Å². The summed E-state index contributed by atoms with van der Waals surface area (Å²) in [5.74, 6) is 1.78. The number of nitrogens with zero attached hydrogens (tertiary/aromatic N) is 3. The molecule has 2 atom stereocenters. The van der Waals surface area contributed by atoms with Gasteiger partial charge in [-0.15, -0.1) is 10.2 Å². The first kappa shape index (κ1) is 12.4. The van der Waals surface area contributed by atoms with E-state index >= 15 is 0 Å². The molecule has 2 aliphatic heterocycles. The highest BCUT2D eigenvalue weighted by Gasteiger charge is 2.34. The van der Waals surface area contributed by atoms with Crippen molar-refractivity contribution in [1.29, 1.82) is 0 Å². The molecule has 0 bridgehead atoms. The maximum absolute atomic E-state index is 10.0. The van der Waals surface area contributed by atoms with Gasteiger partial charge in [-0.25, -0.2) is 0 Å². The minimum atomic E-state index is 0.238. The van der Waals surface area contributed by atoms with Crippen LogP contribution in [-0.4, -0.2) is 34.4 Å². The average Bonchev–Trinajstić information content (AvgIpc) is 2.88. The molecular weight excluding hydrogens is 264 g/mol. The largest absolute Gasteiger partial charge is 0.507 e. The first-order valence-corrected chi connectivity index (χ1v) is 7.39. The van der Waals surface area contributed by atoms with Gasteiger partial charge in [0, 0.05) is 24.7 Å². The third kappa shape index (κ3) is 2.00. The summed E-state index contributed by atoms with van der Waals surface area (Å²) in [4.78, 5) is 2.43. The Labute approximate surface area is 123 Å². The lowest BCUT2D eigenvalue weighted by molar-refractivity contribution is 0.477. The van der Waals surface area contributed by atoms with E-state index < -0.39 is 0 Å². The van der Waals surface area contributed by atoms with E-state index in [0.717, 1.165) is 30.2 Å². The Balaban J connectivity index is 1.79. The van der Waals surface area contributed by atoms with Gasteiger partial charge in [-0.2, -0.15) is 0 Å². The highest BCUT2D eigenvalue weighted by molar-refractivity contribution is 5.76. The van der Waals surface area contributed by atoms with Crippen LogP contribution in [0.25, 0.3) is 11.3 Å². The number of aromatic hydroxyl groups is 1. The zero-order valence-corrected chi connectivity index (χ0v) is 12.0. The molecule has 21 heavy (non-hydrogen) atoms. The van der Waals surface area contributed by atoms with E-state index in [1.807, 2.05) is 24.3 Å². The van der Waals surface area contributed by atoms with Gasteiger partial charge in [0.05, 0.1) is 11.4 Å². The van der Waals surface area contributed by atoms with E-state index in [1.54, 1.807) is 6.07 Å². The number of benzene rings is 1. The molecule has 1 saturated heterocycles. The van der Waals surface area contributed by atoms with Gasteiger partial charge in [-0.1, -0.05) is 19.1 Å². The second-order valence-electron chi connectivity index (χ2n) is 6.01. The molecule has 0 aliphatic carbocycles. The molecule has 5 heteroatoms. The van der Waals surface area contributed by atoms with Crippen molar-refractivity contribution in [2.75, 3.05) is 23.3 Å². The lowest BCUT2D eigenvalue weighted by Crippen LogP contribution is -2.39. The second kappa shape index (κ2) is 4.62. The maximum atomic E-state index is 10.0. The summed E-state index contributed by atoms with van der Waals surface area (Å²) in [5.41, 5.74) is 2.54. The van der Waals surface area contributed by atoms with Crippen molar-refractivity contribution in [1.82, 2.24) is 10.2 Å². The molecule has 1 aromatic heterocycles. The van der Waals surface area contributed by atoms with E-state index in [9.17, 15) is 5.11 Å². The van der Waals surface area contributed by atoms with E-state index in [4.69, 9.17) is 0 Å². The standard InChI is InChI=1S/C16H18N4O/c1-10-6-11-8-17-16-14(20(11)9-10)7-13(18-19-16)12-4-2-3-5-15(12)21/h2-5,7,10-11,21H,6,8-9H2,1H3,(H,17,19). The van der Waals surface area contributed by atoms with Crippen molar-refractivity contribution in [3.05, 3.63) is 30.3 Å². The highest BCUT2D eigenvalue weighted by Crippen LogP contribution is 2.39. The summed E-state index contributed by atoms with van der Waals surface area (Å²) in [6.07, 6.45) is 1.21. The fourth-order valence-corrected chi connectivity index (χ4v) is 3.40. The molecule has 1 fully saturated rings. The van der Waals surface area contributed by atoms with Crippen LogP contribution in [-0.2, 0) is 0 Å². The molecule has 2 N–H and O–H groups in total. The van der Waals surface area contributed by atoms with Crippen LogP contribution in [0.3, 0.4) is 0 Å². The summed E-state index contributed by atoms with van der Waals surface area (Å²) in [6.45, 7) is 4.28. The number of nitrogens with one attached hydrogen (secondary N) is 1. The first-order valence-electron chi connectivity index (χ1n) is 7.39. The van der Waals surface area contributed by atoms with Crippen LogP contribution in [0.1, 0.15) is 13.3 Å². The Kier molecular flexibility index (Phi) is 2.74. The Morgan fingerprint density at radius 1 is 1.29 bits per heavy atom. The number of aromatic nitrogens is 2. The third-order valence-electron chi connectivity index (χ3n) is 4.39. The molecule has 0 spiro atoms. The lowest BCUT2D eigenvalue weighted by Gasteiger charge is -2.33. The predicted octanol–water partition coefficient (Wildman–Crippen LogP) is 2.49. The Morgan fingerprint density at radius 2 is 2.14 bits per heavy atom. The molecule has 0 amide bonds. The highest BCUT2D eigenvalue weighted by atomic mass is 16.3. The Hall–Kier alpha value is -2.30. The zero-order valence-electron chi connectivity index (χ0n) is 12.0. The van der Waals surface area contributed by atoms with Gasteiger partial charge in [0.15, 0.2) is 5.82 Å². The molecule has 2 aromatic rings. The normalized spacial score (nSPS) is 23.4. The second-order valence-corrected chi connectivity index (χ2v) is 6.01. The van der Waals surface area contributed by atoms with Gasteiger partial charge in [0.2, 0.25) is 0 Å². The molecule has 2 aliphatic rings. The molecule has 5 nitrogen and oxygen atoms in total. The number of anilines is 2. The molecule has 0 saturated carbocycles. The van der Waals surface area contributed by atoms with Gasteiger partial charge in [0.25, 0.3) is 0 Å². The van der Waals surface area contributed by atoms with Gasteiger partial charge in [-0.3, -0.25) is 0 Å². The molecule has 1 aromatic carbocycles. The number of phenols is 1. The van der Waals surface area contributed by atoms with Crippen molar-refractivity contribution < 1.29 is 5.11 Å².